The van der Waals surface area contributed by atoms with Gasteiger partial charge in [0.05, 0.1) is 16.6 Å². The minimum Gasteiger partial charge on any atom is -0.324 e. The lowest BCUT2D eigenvalue weighted by molar-refractivity contribution is -0.119. The molecule has 3 aromatic carbocycles. The maximum absolute atomic E-state index is 13.4. The Kier molecular flexibility index (Phi) is 4.83. The van der Waals surface area contributed by atoms with Crippen LogP contribution in [0, 0.1) is 6.92 Å². The lowest BCUT2D eigenvalue weighted by Crippen LogP contribution is -2.26. The summed E-state index contributed by atoms with van der Waals surface area (Å²) in [7, 11) is 0. The number of anilines is 1. The molecule has 6 heteroatoms. The standard InChI is InChI=1S/C25H21ClN4O/c1-3-21(25(31)29-20-14-16(26)13-12-15(20)2)30-22-11-7-4-8-17(22)23-24(30)28-19-10-6-5-9-18(19)27-23/h4-14,21H,3H2,1-2H3,(H,29,31). The van der Waals surface area contributed by atoms with Crippen LogP contribution >= 0.6 is 11.6 Å². The van der Waals surface area contributed by atoms with Crippen molar-refractivity contribution in [2.24, 2.45) is 0 Å². The van der Waals surface area contributed by atoms with Gasteiger partial charge in [-0.25, -0.2) is 9.97 Å². The van der Waals surface area contributed by atoms with Crippen LogP contribution in [0.4, 0.5) is 5.69 Å². The van der Waals surface area contributed by atoms with Gasteiger partial charge in [0.15, 0.2) is 5.65 Å². The molecule has 2 heterocycles. The summed E-state index contributed by atoms with van der Waals surface area (Å²) < 4.78 is 2.01. The predicted octanol–water partition coefficient (Wildman–Crippen LogP) is 6.29. The van der Waals surface area contributed by atoms with Gasteiger partial charge in [0, 0.05) is 16.1 Å². The number of halogens is 1. The lowest BCUT2D eigenvalue weighted by atomic mass is 10.1. The van der Waals surface area contributed by atoms with Gasteiger partial charge < -0.3 is 9.88 Å². The zero-order chi connectivity index (χ0) is 21.5. The minimum absolute atomic E-state index is 0.106. The molecule has 154 valence electrons. The summed E-state index contributed by atoms with van der Waals surface area (Å²) in [6.45, 7) is 3.95. The zero-order valence-corrected chi connectivity index (χ0v) is 18.0. The zero-order valence-electron chi connectivity index (χ0n) is 17.3. The molecule has 0 spiro atoms. The largest absolute Gasteiger partial charge is 0.324 e. The van der Waals surface area contributed by atoms with E-state index in [9.17, 15) is 4.79 Å². The number of amides is 1. The normalized spacial score (nSPS) is 12.5. The Morgan fingerprint density at radius 2 is 1.74 bits per heavy atom. The summed E-state index contributed by atoms with van der Waals surface area (Å²) in [5.41, 5.74) is 5.78. The lowest BCUT2D eigenvalue weighted by Gasteiger charge is -2.20. The number of nitrogens with one attached hydrogen (secondary N) is 1. The number of carbonyl (C=O) groups is 1. The van der Waals surface area contributed by atoms with Gasteiger partial charge in [-0.05, 0) is 49.2 Å². The van der Waals surface area contributed by atoms with E-state index < -0.39 is 6.04 Å². The van der Waals surface area contributed by atoms with E-state index in [-0.39, 0.29) is 5.91 Å². The number of para-hydroxylation sites is 3. The van der Waals surface area contributed by atoms with Gasteiger partial charge in [0.25, 0.3) is 0 Å². The van der Waals surface area contributed by atoms with E-state index in [0.29, 0.717) is 22.8 Å². The van der Waals surface area contributed by atoms with Gasteiger partial charge in [0.2, 0.25) is 5.91 Å². The molecular formula is C25H21ClN4O. The smallest absolute Gasteiger partial charge is 0.247 e. The van der Waals surface area contributed by atoms with Crippen molar-refractivity contribution in [3.8, 4) is 0 Å². The van der Waals surface area contributed by atoms with E-state index in [4.69, 9.17) is 21.6 Å². The van der Waals surface area contributed by atoms with E-state index in [1.54, 1.807) is 6.07 Å². The Morgan fingerprint density at radius 3 is 2.52 bits per heavy atom. The van der Waals surface area contributed by atoms with Crippen molar-refractivity contribution in [3.05, 3.63) is 77.3 Å². The molecule has 1 unspecified atom stereocenters. The minimum atomic E-state index is -0.448. The molecule has 0 saturated heterocycles. The van der Waals surface area contributed by atoms with Gasteiger partial charge in [-0.3, -0.25) is 4.79 Å². The number of hydrogen-bond donors (Lipinski definition) is 1. The van der Waals surface area contributed by atoms with Crippen molar-refractivity contribution in [1.29, 1.82) is 0 Å². The fourth-order valence-corrected chi connectivity index (χ4v) is 4.26. The molecule has 1 amide bonds. The molecule has 2 aromatic heterocycles. The number of aromatic nitrogens is 3. The average Bonchev–Trinajstić information content (AvgIpc) is 3.09. The Labute approximate surface area is 184 Å². The summed E-state index contributed by atoms with van der Waals surface area (Å²) in [5.74, 6) is -0.106. The highest BCUT2D eigenvalue weighted by atomic mass is 35.5. The molecule has 0 aliphatic rings. The van der Waals surface area contributed by atoms with Crippen LogP contribution in [0.15, 0.2) is 66.7 Å². The number of nitrogens with zero attached hydrogens (tertiary/aromatic N) is 3. The third-order valence-electron chi connectivity index (χ3n) is 5.66. The van der Waals surface area contributed by atoms with Crippen molar-refractivity contribution in [2.75, 3.05) is 5.32 Å². The molecule has 0 bridgehead atoms. The molecule has 31 heavy (non-hydrogen) atoms. The molecule has 0 aliphatic heterocycles. The molecule has 1 atom stereocenters. The number of aryl methyl sites for hydroxylation is 1. The SMILES string of the molecule is CCC(C(=O)Nc1cc(Cl)ccc1C)n1c2ccccc2c2nc3ccccc3nc21. The quantitative estimate of drug-likeness (QED) is 0.366. The molecular weight excluding hydrogens is 408 g/mol. The van der Waals surface area contributed by atoms with Gasteiger partial charge >= 0.3 is 0 Å². The van der Waals surface area contributed by atoms with Crippen molar-refractivity contribution in [2.45, 2.75) is 26.3 Å². The third kappa shape index (κ3) is 3.31. The number of benzene rings is 3. The highest BCUT2D eigenvalue weighted by Gasteiger charge is 2.25. The fraction of sp³-hybridized carbons (Fsp3) is 0.160. The second kappa shape index (κ2) is 7.67. The summed E-state index contributed by atoms with van der Waals surface area (Å²) in [5, 5.41) is 4.64. The molecule has 5 nitrogen and oxygen atoms in total. The number of rotatable bonds is 4. The summed E-state index contributed by atoms with van der Waals surface area (Å²) in [4.78, 5) is 23.2. The van der Waals surface area contributed by atoms with Crippen LogP contribution < -0.4 is 5.32 Å². The van der Waals surface area contributed by atoms with Crippen LogP contribution in [-0.4, -0.2) is 20.4 Å². The molecule has 0 saturated carbocycles. The molecule has 0 fully saturated rings. The van der Waals surface area contributed by atoms with Crippen LogP contribution in [0.5, 0.6) is 0 Å². The second-order valence-electron chi connectivity index (χ2n) is 7.64. The van der Waals surface area contributed by atoms with Gasteiger partial charge in [-0.1, -0.05) is 54.9 Å². The highest BCUT2D eigenvalue weighted by molar-refractivity contribution is 6.31. The summed E-state index contributed by atoms with van der Waals surface area (Å²) >= 11 is 6.15. The van der Waals surface area contributed by atoms with E-state index in [1.807, 2.05) is 79.1 Å². The van der Waals surface area contributed by atoms with Crippen LogP contribution in [-0.2, 0) is 4.79 Å². The third-order valence-corrected chi connectivity index (χ3v) is 5.89. The van der Waals surface area contributed by atoms with Crippen molar-refractivity contribution in [1.82, 2.24) is 14.5 Å². The maximum Gasteiger partial charge on any atom is 0.247 e. The molecule has 0 aliphatic carbocycles. The maximum atomic E-state index is 13.4. The monoisotopic (exact) mass is 428 g/mol. The molecule has 5 aromatic rings. The first-order valence-electron chi connectivity index (χ1n) is 10.3. The molecule has 0 radical (unpaired) electrons. The van der Waals surface area contributed by atoms with Crippen LogP contribution in [0.2, 0.25) is 5.02 Å². The van der Waals surface area contributed by atoms with Gasteiger partial charge in [-0.2, -0.15) is 0 Å². The number of carbonyl (C=O) groups excluding carboxylic acids is 1. The highest BCUT2D eigenvalue weighted by Crippen LogP contribution is 2.33. The van der Waals surface area contributed by atoms with E-state index in [2.05, 4.69) is 5.32 Å². The van der Waals surface area contributed by atoms with Crippen LogP contribution in [0.1, 0.15) is 24.9 Å². The van der Waals surface area contributed by atoms with Crippen LogP contribution in [0.3, 0.4) is 0 Å². The van der Waals surface area contributed by atoms with Crippen molar-refractivity contribution in [3.63, 3.8) is 0 Å². The molecule has 5 rings (SSSR count). The van der Waals surface area contributed by atoms with Crippen molar-refractivity contribution < 1.29 is 4.79 Å². The Balaban J connectivity index is 1.70. The van der Waals surface area contributed by atoms with Crippen LogP contribution in [0.25, 0.3) is 33.1 Å². The molecule has 1 N–H and O–H groups in total. The topological polar surface area (TPSA) is 59.8 Å². The Morgan fingerprint density at radius 1 is 1.03 bits per heavy atom. The van der Waals surface area contributed by atoms with E-state index >= 15 is 0 Å². The first kappa shape index (κ1) is 19.5. The Bertz CT molecular complexity index is 1460. The van der Waals surface area contributed by atoms with Crippen molar-refractivity contribution >= 4 is 56.3 Å². The van der Waals surface area contributed by atoms with E-state index in [0.717, 1.165) is 33.0 Å². The van der Waals surface area contributed by atoms with E-state index in [1.165, 1.54) is 0 Å². The average molecular weight is 429 g/mol. The number of hydrogen-bond acceptors (Lipinski definition) is 3. The number of fused-ring (bicyclic) bond motifs is 4. The Hall–Kier alpha value is -3.44. The summed E-state index contributed by atoms with van der Waals surface area (Å²) in [6.07, 6.45) is 0.605. The second-order valence-corrected chi connectivity index (χ2v) is 8.08. The first-order chi connectivity index (χ1) is 15.1. The van der Waals surface area contributed by atoms with Gasteiger partial charge in [0.1, 0.15) is 11.6 Å². The predicted molar refractivity (Wildman–Crippen MR) is 127 cm³/mol. The fourth-order valence-electron chi connectivity index (χ4n) is 4.08. The summed E-state index contributed by atoms with van der Waals surface area (Å²) in [6, 6.07) is 20.9. The van der Waals surface area contributed by atoms with Gasteiger partial charge in [-0.15, -0.1) is 0 Å². The first-order valence-corrected chi connectivity index (χ1v) is 10.7.